The SMILES string of the molecule is CN1C(=O)CC[C@@]1(C)c1ccccc1. The molecule has 1 aromatic carbocycles. The lowest BCUT2D eigenvalue weighted by Crippen LogP contribution is -2.37. The van der Waals surface area contributed by atoms with Crippen LogP contribution in [0.5, 0.6) is 0 Å². The fourth-order valence-electron chi connectivity index (χ4n) is 2.10. The standard InChI is InChI=1S/C12H15NO/c1-12(9-8-11(14)13(12)2)10-6-4-3-5-7-10/h3-7H,8-9H2,1-2H3/t12-/m0/s1. The molecule has 14 heavy (non-hydrogen) atoms. The van der Waals surface area contributed by atoms with E-state index in [1.54, 1.807) is 0 Å². The second kappa shape index (κ2) is 3.12. The van der Waals surface area contributed by atoms with Gasteiger partial charge in [-0.2, -0.15) is 0 Å². The normalized spacial score (nSPS) is 27.0. The molecule has 1 saturated heterocycles. The van der Waals surface area contributed by atoms with Gasteiger partial charge < -0.3 is 4.90 Å². The number of hydrogen-bond acceptors (Lipinski definition) is 1. The molecule has 0 saturated carbocycles. The van der Waals surface area contributed by atoms with Gasteiger partial charge in [0.05, 0.1) is 5.54 Å². The first-order valence-electron chi connectivity index (χ1n) is 4.97. The van der Waals surface area contributed by atoms with Crippen molar-refractivity contribution in [2.24, 2.45) is 0 Å². The molecule has 0 aromatic heterocycles. The van der Waals surface area contributed by atoms with E-state index in [-0.39, 0.29) is 11.4 Å². The summed E-state index contributed by atoms with van der Waals surface area (Å²) in [6.07, 6.45) is 1.59. The summed E-state index contributed by atoms with van der Waals surface area (Å²) >= 11 is 0. The molecule has 2 nitrogen and oxygen atoms in total. The number of carbonyl (C=O) groups excluding carboxylic acids is 1. The van der Waals surface area contributed by atoms with Gasteiger partial charge in [-0.05, 0) is 18.9 Å². The molecule has 0 spiro atoms. The van der Waals surface area contributed by atoms with Crippen LogP contribution >= 0.6 is 0 Å². The largest absolute Gasteiger partial charge is 0.336 e. The van der Waals surface area contributed by atoms with Gasteiger partial charge in [0.1, 0.15) is 0 Å². The van der Waals surface area contributed by atoms with E-state index in [0.717, 1.165) is 6.42 Å². The van der Waals surface area contributed by atoms with Crippen molar-refractivity contribution in [1.29, 1.82) is 0 Å². The average molecular weight is 189 g/mol. The minimum absolute atomic E-state index is 0.0989. The quantitative estimate of drug-likeness (QED) is 0.663. The number of rotatable bonds is 1. The summed E-state index contributed by atoms with van der Waals surface area (Å²) < 4.78 is 0. The van der Waals surface area contributed by atoms with Gasteiger partial charge >= 0.3 is 0 Å². The van der Waals surface area contributed by atoms with Crippen LogP contribution in [-0.4, -0.2) is 17.9 Å². The number of likely N-dealkylation sites (tertiary alicyclic amines) is 1. The highest BCUT2D eigenvalue weighted by Crippen LogP contribution is 2.37. The highest BCUT2D eigenvalue weighted by Gasteiger charge is 2.39. The van der Waals surface area contributed by atoms with Crippen molar-refractivity contribution in [3.8, 4) is 0 Å². The van der Waals surface area contributed by atoms with Crippen molar-refractivity contribution in [2.75, 3.05) is 7.05 Å². The van der Waals surface area contributed by atoms with Crippen LogP contribution in [-0.2, 0) is 10.3 Å². The summed E-state index contributed by atoms with van der Waals surface area (Å²) in [6, 6.07) is 10.2. The third kappa shape index (κ3) is 1.22. The van der Waals surface area contributed by atoms with Crippen LogP contribution in [0.1, 0.15) is 25.3 Å². The molecule has 1 atom stereocenters. The summed E-state index contributed by atoms with van der Waals surface area (Å²) in [4.78, 5) is 13.4. The van der Waals surface area contributed by atoms with Gasteiger partial charge in [0.25, 0.3) is 0 Å². The molecule has 1 aromatic rings. The molecular formula is C12H15NO. The van der Waals surface area contributed by atoms with Crippen LogP contribution in [0.15, 0.2) is 30.3 Å². The van der Waals surface area contributed by atoms with E-state index in [1.165, 1.54) is 5.56 Å². The number of amides is 1. The Kier molecular flexibility index (Phi) is 2.06. The van der Waals surface area contributed by atoms with Gasteiger partial charge in [0.2, 0.25) is 5.91 Å². The fourth-order valence-corrected chi connectivity index (χ4v) is 2.10. The molecule has 1 heterocycles. The Bertz CT molecular complexity index is 347. The van der Waals surface area contributed by atoms with Gasteiger partial charge in [-0.3, -0.25) is 4.79 Å². The summed E-state index contributed by atoms with van der Waals surface area (Å²) in [6.45, 7) is 2.13. The van der Waals surface area contributed by atoms with E-state index >= 15 is 0 Å². The topological polar surface area (TPSA) is 20.3 Å². The molecule has 0 radical (unpaired) electrons. The number of benzene rings is 1. The van der Waals surface area contributed by atoms with Crippen molar-refractivity contribution >= 4 is 5.91 Å². The molecule has 1 amide bonds. The van der Waals surface area contributed by atoms with Crippen molar-refractivity contribution in [2.45, 2.75) is 25.3 Å². The van der Waals surface area contributed by atoms with Crippen molar-refractivity contribution < 1.29 is 4.79 Å². The van der Waals surface area contributed by atoms with Crippen LogP contribution in [0.3, 0.4) is 0 Å². The molecular weight excluding hydrogens is 174 g/mol. The lowest BCUT2D eigenvalue weighted by atomic mass is 9.90. The fraction of sp³-hybridized carbons (Fsp3) is 0.417. The van der Waals surface area contributed by atoms with Crippen LogP contribution in [0.2, 0.25) is 0 Å². The van der Waals surface area contributed by atoms with Crippen LogP contribution < -0.4 is 0 Å². The Hall–Kier alpha value is -1.31. The molecule has 2 rings (SSSR count). The van der Waals surface area contributed by atoms with Crippen molar-refractivity contribution in [3.05, 3.63) is 35.9 Å². The summed E-state index contributed by atoms with van der Waals surface area (Å²) in [5.41, 5.74) is 1.13. The maximum absolute atomic E-state index is 11.5. The zero-order valence-electron chi connectivity index (χ0n) is 8.66. The summed E-state index contributed by atoms with van der Waals surface area (Å²) in [7, 11) is 1.89. The molecule has 2 heteroatoms. The van der Waals surface area contributed by atoms with E-state index in [2.05, 4.69) is 19.1 Å². The zero-order chi connectivity index (χ0) is 10.2. The minimum Gasteiger partial charge on any atom is -0.336 e. The highest BCUT2D eigenvalue weighted by molar-refractivity contribution is 5.79. The highest BCUT2D eigenvalue weighted by atomic mass is 16.2. The molecule has 0 aliphatic carbocycles. The second-order valence-electron chi connectivity index (χ2n) is 4.09. The molecule has 0 unspecified atom stereocenters. The first kappa shape index (κ1) is 9.25. The summed E-state index contributed by atoms with van der Waals surface area (Å²) in [5, 5.41) is 0. The Morgan fingerprint density at radius 3 is 2.43 bits per heavy atom. The van der Waals surface area contributed by atoms with Gasteiger partial charge in [-0.15, -0.1) is 0 Å². The Labute approximate surface area is 84.5 Å². The third-order valence-corrected chi connectivity index (χ3v) is 3.34. The smallest absolute Gasteiger partial charge is 0.223 e. The van der Waals surface area contributed by atoms with Crippen LogP contribution in [0.25, 0.3) is 0 Å². The van der Waals surface area contributed by atoms with Gasteiger partial charge in [-0.1, -0.05) is 30.3 Å². The van der Waals surface area contributed by atoms with Gasteiger partial charge in [0.15, 0.2) is 0 Å². The predicted octanol–water partition coefficient (Wildman–Crippen LogP) is 2.15. The van der Waals surface area contributed by atoms with Crippen LogP contribution in [0, 0.1) is 0 Å². The molecule has 0 bridgehead atoms. The number of carbonyl (C=O) groups is 1. The zero-order valence-corrected chi connectivity index (χ0v) is 8.66. The van der Waals surface area contributed by atoms with E-state index in [0.29, 0.717) is 6.42 Å². The molecule has 1 aliphatic rings. The molecule has 74 valence electrons. The Morgan fingerprint density at radius 2 is 1.93 bits per heavy atom. The molecule has 1 fully saturated rings. The average Bonchev–Trinajstić information content (AvgIpc) is 2.49. The Morgan fingerprint density at radius 1 is 1.29 bits per heavy atom. The van der Waals surface area contributed by atoms with Crippen molar-refractivity contribution in [3.63, 3.8) is 0 Å². The first-order valence-corrected chi connectivity index (χ1v) is 4.97. The van der Waals surface area contributed by atoms with E-state index < -0.39 is 0 Å². The minimum atomic E-state index is -0.0989. The van der Waals surface area contributed by atoms with Crippen molar-refractivity contribution in [1.82, 2.24) is 4.90 Å². The molecule has 0 N–H and O–H groups in total. The van der Waals surface area contributed by atoms with Crippen LogP contribution in [0.4, 0.5) is 0 Å². The summed E-state index contributed by atoms with van der Waals surface area (Å²) in [5.74, 6) is 0.247. The maximum atomic E-state index is 11.5. The Balaban J connectivity index is 2.39. The maximum Gasteiger partial charge on any atom is 0.223 e. The third-order valence-electron chi connectivity index (χ3n) is 3.34. The number of hydrogen-bond donors (Lipinski definition) is 0. The monoisotopic (exact) mass is 189 g/mol. The second-order valence-corrected chi connectivity index (χ2v) is 4.09. The van der Waals surface area contributed by atoms with E-state index in [1.807, 2.05) is 30.1 Å². The van der Waals surface area contributed by atoms with Gasteiger partial charge in [-0.25, -0.2) is 0 Å². The van der Waals surface area contributed by atoms with Gasteiger partial charge in [0, 0.05) is 13.5 Å². The van der Waals surface area contributed by atoms with E-state index in [4.69, 9.17) is 0 Å². The predicted molar refractivity (Wildman–Crippen MR) is 55.8 cm³/mol. The lowest BCUT2D eigenvalue weighted by molar-refractivity contribution is -0.129. The first-order chi connectivity index (χ1) is 6.64. The number of nitrogens with zero attached hydrogens (tertiary/aromatic N) is 1. The molecule has 1 aliphatic heterocycles. The van der Waals surface area contributed by atoms with E-state index in [9.17, 15) is 4.79 Å². The lowest BCUT2D eigenvalue weighted by Gasteiger charge is -2.32.